The van der Waals surface area contributed by atoms with Crippen LogP contribution in [0.4, 0.5) is 5.69 Å². The van der Waals surface area contributed by atoms with Gasteiger partial charge in [0, 0.05) is 10.6 Å². The molecule has 1 N–H and O–H groups in total. The number of benzene rings is 2. The average Bonchev–Trinajstić information content (AvgIpc) is 2.57. The summed E-state index contributed by atoms with van der Waals surface area (Å²) in [5.41, 5.74) is 0.637. The fraction of sp³-hybridized carbons (Fsp3) is 0.176. The first-order valence-corrected chi connectivity index (χ1v) is 8.25. The summed E-state index contributed by atoms with van der Waals surface area (Å²) in [7, 11) is 1.28. The third kappa shape index (κ3) is 5.01. The maximum absolute atomic E-state index is 12.3. The maximum atomic E-state index is 12.3. The number of ether oxygens (including phenoxy) is 2. The van der Waals surface area contributed by atoms with Crippen LogP contribution in [-0.2, 0) is 9.53 Å². The molecular formula is C17H14Cl3NO4. The number of nitrogens with one attached hydrogen (secondary N) is 1. The molecule has 8 heteroatoms. The highest BCUT2D eigenvalue weighted by Crippen LogP contribution is 2.34. The van der Waals surface area contributed by atoms with Crippen molar-refractivity contribution in [2.45, 2.75) is 13.0 Å². The zero-order chi connectivity index (χ0) is 18.6. The Labute approximate surface area is 159 Å². The topological polar surface area (TPSA) is 64.6 Å². The predicted molar refractivity (Wildman–Crippen MR) is 98.0 cm³/mol. The van der Waals surface area contributed by atoms with Crippen molar-refractivity contribution in [2.24, 2.45) is 0 Å². The molecule has 1 atom stereocenters. The third-order valence-corrected chi connectivity index (χ3v) is 4.02. The van der Waals surface area contributed by atoms with Crippen molar-refractivity contribution >= 4 is 52.4 Å². The number of rotatable bonds is 5. The van der Waals surface area contributed by atoms with Gasteiger partial charge >= 0.3 is 5.97 Å². The molecule has 25 heavy (non-hydrogen) atoms. The van der Waals surface area contributed by atoms with Gasteiger partial charge in [-0.05, 0) is 43.3 Å². The van der Waals surface area contributed by atoms with Gasteiger partial charge in [-0.3, -0.25) is 4.79 Å². The molecule has 0 aliphatic carbocycles. The number of carbonyl (C=O) groups excluding carboxylic acids is 2. The number of hydrogen-bond donors (Lipinski definition) is 1. The number of hydrogen-bond acceptors (Lipinski definition) is 4. The van der Waals surface area contributed by atoms with E-state index >= 15 is 0 Å². The van der Waals surface area contributed by atoms with Crippen LogP contribution >= 0.6 is 34.8 Å². The quantitative estimate of drug-likeness (QED) is 0.727. The van der Waals surface area contributed by atoms with E-state index < -0.39 is 18.0 Å². The van der Waals surface area contributed by atoms with Crippen LogP contribution in [0.3, 0.4) is 0 Å². The van der Waals surface area contributed by atoms with Crippen molar-refractivity contribution in [1.82, 2.24) is 0 Å². The van der Waals surface area contributed by atoms with E-state index in [1.54, 1.807) is 31.2 Å². The number of anilines is 1. The molecule has 0 fully saturated rings. The first kappa shape index (κ1) is 19.4. The highest BCUT2D eigenvalue weighted by molar-refractivity contribution is 6.42. The number of esters is 1. The Morgan fingerprint density at radius 1 is 1.04 bits per heavy atom. The Balaban J connectivity index is 2.10. The maximum Gasteiger partial charge on any atom is 0.346 e. The fourth-order valence-corrected chi connectivity index (χ4v) is 2.86. The molecule has 0 bridgehead atoms. The first-order chi connectivity index (χ1) is 11.8. The number of amides is 1. The zero-order valence-corrected chi connectivity index (χ0v) is 15.6. The van der Waals surface area contributed by atoms with Gasteiger partial charge in [0.15, 0.2) is 6.10 Å². The Morgan fingerprint density at radius 3 is 2.12 bits per heavy atom. The molecule has 0 radical (unpaired) electrons. The number of methoxy groups -OCH3 is 1. The molecule has 0 unspecified atom stereocenters. The summed E-state index contributed by atoms with van der Waals surface area (Å²) in [5.74, 6) is -0.468. The molecule has 2 aromatic rings. The SMILES string of the molecule is COC(=O)[C@H](C)Oc1ccc(C(=O)Nc2c(Cl)cc(Cl)cc2Cl)cc1. The van der Waals surface area contributed by atoms with Crippen molar-refractivity contribution in [3.8, 4) is 5.75 Å². The molecule has 0 heterocycles. The summed E-state index contributed by atoms with van der Waals surface area (Å²) in [5, 5.41) is 3.47. The summed E-state index contributed by atoms with van der Waals surface area (Å²) in [6.07, 6.45) is -0.753. The zero-order valence-electron chi connectivity index (χ0n) is 13.3. The van der Waals surface area contributed by atoms with Crippen molar-refractivity contribution in [1.29, 1.82) is 0 Å². The smallest absolute Gasteiger partial charge is 0.346 e. The van der Waals surface area contributed by atoms with E-state index in [-0.39, 0.29) is 15.7 Å². The first-order valence-electron chi connectivity index (χ1n) is 7.12. The minimum absolute atomic E-state index is 0.234. The van der Waals surface area contributed by atoms with E-state index in [0.29, 0.717) is 16.3 Å². The van der Waals surface area contributed by atoms with Crippen LogP contribution < -0.4 is 10.1 Å². The molecule has 1 amide bonds. The van der Waals surface area contributed by atoms with E-state index in [9.17, 15) is 9.59 Å². The van der Waals surface area contributed by atoms with Gasteiger partial charge in [0.2, 0.25) is 0 Å². The van der Waals surface area contributed by atoms with Crippen LogP contribution in [0.25, 0.3) is 0 Å². The predicted octanol–water partition coefficient (Wildman–Crippen LogP) is 4.84. The minimum Gasteiger partial charge on any atom is -0.479 e. The summed E-state index contributed by atoms with van der Waals surface area (Å²) in [6, 6.07) is 9.20. The van der Waals surface area contributed by atoms with Crippen molar-refractivity contribution < 1.29 is 19.1 Å². The highest BCUT2D eigenvalue weighted by Gasteiger charge is 2.16. The van der Waals surface area contributed by atoms with Crippen molar-refractivity contribution in [2.75, 3.05) is 12.4 Å². The van der Waals surface area contributed by atoms with Crippen molar-refractivity contribution in [3.63, 3.8) is 0 Å². The lowest BCUT2D eigenvalue weighted by Crippen LogP contribution is -2.24. The standard InChI is InChI=1S/C17H14Cl3NO4/c1-9(17(23)24-2)25-12-5-3-10(4-6-12)16(22)21-15-13(19)7-11(18)8-14(15)20/h3-9H,1-2H3,(H,21,22)/t9-/m0/s1. The largest absolute Gasteiger partial charge is 0.479 e. The van der Waals surface area contributed by atoms with Crippen LogP contribution in [0, 0.1) is 0 Å². The van der Waals surface area contributed by atoms with Crippen LogP contribution in [0.15, 0.2) is 36.4 Å². The lowest BCUT2D eigenvalue weighted by Gasteiger charge is -2.13. The van der Waals surface area contributed by atoms with Crippen LogP contribution in [0.5, 0.6) is 5.75 Å². The minimum atomic E-state index is -0.753. The molecule has 0 saturated carbocycles. The summed E-state index contributed by atoms with van der Waals surface area (Å²) in [6.45, 7) is 1.57. The van der Waals surface area contributed by atoms with Crippen LogP contribution in [0.2, 0.25) is 15.1 Å². The Hall–Kier alpha value is -1.95. The van der Waals surface area contributed by atoms with Crippen LogP contribution in [-0.4, -0.2) is 25.1 Å². The second-order valence-electron chi connectivity index (χ2n) is 5.01. The summed E-state index contributed by atoms with van der Waals surface area (Å²) in [4.78, 5) is 23.7. The fourth-order valence-electron chi connectivity index (χ4n) is 1.95. The summed E-state index contributed by atoms with van der Waals surface area (Å²) >= 11 is 17.9. The van der Waals surface area contributed by atoms with Gasteiger partial charge in [0.1, 0.15) is 5.75 Å². The molecule has 2 aromatic carbocycles. The van der Waals surface area contributed by atoms with Gasteiger partial charge in [-0.2, -0.15) is 0 Å². The third-order valence-electron chi connectivity index (χ3n) is 3.21. The molecule has 5 nitrogen and oxygen atoms in total. The van der Waals surface area contributed by atoms with Gasteiger partial charge < -0.3 is 14.8 Å². The second kappa shape index (κ2) is 8.43. The van der Waals surface area contributed by atoms with Crippen molar-refractivity contribution in [3.05, 3.63) is 57.0 Å². The monoisotopic (exact) mass is 401 g/mol. The summed E-state index contributed by atoms with van der Waals surface area (Å²) < 4.78 is 9.99. The van der Waals surface area contributed by atoms with Crippen LogP contribution in [0.1, 0.15) is 17.3 Å². The second-order valence-corrected chi connectivity index (χ2v) is 6.26. The molecule has 2 rings (SSSR count). The normalized spacial score (nSPS) is 11.6. The Morgan fingerprint density at radius 2 is 1.60 bits per heavy atom. The molecule has 0 aliphatic rings. The van der Waals surface area contributed by atoms with Gasteiger partial charge in [-0.1, -0.05) is 34.8 Å². The number of carbonyl (C=O) groups is 2. The van der Waals surface area contributed by atoms with Gasteiger partial charge in [0.05, 0.1) is 22.8 Å². The van der Waals surface area contributed by atoms with Gasteiger partial charge in [0.25, 0.3) is 5.91 Å². The molecule has 0 saturated heterocycles. The molecular weight excluding hydrogens is 389 g/mol. The highest BCUT2D eigenvalue weighted by atomic mass is 35.5. The Bertz CT molecular complexity index is 770. The molecule has 0 aromatic heterocycles. The van der Waals surface area contributed by atoms with Gasteiger partial charge in [-0.15, -0.1) is 0 Å². The lowest BCUT2D eigenvalue weighted by atomic mass is 10.2. The van der Waals surface area contributed by atoms with E-state index in [2.05, 4.69) is 10.1 Å². The molecule has 0 aliphatic heterocycles. The van der Waals surface area contributed by atoms with E-state index in [1.165, 1.54) is 19.2 Å². The molecule has 0 spiro atoms. The van der Waals surface area contributed by atoms with E-state index in [4.69, 9.17) is 39.5 Å². The van der Waals surface area contributed by atoms with E-state index in [0.717, 1.165) is 0 Å². The average molecular weight is 403 g/mol. The van der Waals surface area contributed by atoms with E-state index in [1.807, 2.05) is 0 Å². The molecule has 132 valence electrons. The number of halogens is 3. The lowest BCUT2D eigenvalue weighted by molar-refractivity contribution is -0.147. The van der Waals surface area contributed by atoms with Gasteiger partial charge in [-0.25, -0.2) is 4.79 Å². The Kier molecular flexibility index (Phi) is 6.53.